The summed E-state index contributed by atoms with van der Waals surface area (Å²) in [7, 11) is 0. The Morgan fingerprint density at radius 3 is 2.67 bits per heavy atom. The van der Waals surface area contributed by atoms with Crippen molar-refractivity contribution in [1.29, 1.82) is 0 Å². The highest BCUT2D eigenvalue weighted by Crippen LogP contribution is 2.37. The number of benzene rings is 2. The molecule has 2 aromatic carbocycles. The Hall–Kier alpha value is -3.41. The fraction of sp³-hybridized carbons (Fsp3) is 0.433. The predicted molar refractivity (Wildman–Crippen MR) is 140 cm³/mol. The van der Waals surface area contributed by atoms with Crippen molar-refractivity contribution >= 4 is 5.91 Å². The molecule has 188 valence electrons. The van der Waals surface area contributed by atoms with E-state index in [-0.39, 0.29) is 17.5 Å². The van der Waals surface area contributed by atoms with E-state index < -0.39 is 11.5 Å². The number of fused-ring (bicyclic) bond motifs is 1. The summed E-state index contributed by atoms with van der Waals surface area (Å²) in [5.74, 6) is 0.281. The molecule has 1 N–H and O–H groups in total. The van der Waals surface area contributed by atoms with Crippen LogP contribution in [0.15, 0.2) is 59.4 Å². The Morgan fingerprint density at radius 2 is 1.86 bits per heavy atom. The zero-order chi connectivity index (χ0) is 25.1. The molecule has 1 saturated heterocycles. The van der Waals surface area contributed by atoms with Crippen LogP contribution in [0.5, 0.6) is 5.88 Å². The van der Waals surface area contributed by atoms with Gasteiger partial charge in [-0.1, -0.05) is 67.9 Å². The van der Waals surface area contributed by atoms with Crippen molar-refractivity contribution in [3.05, 3.63) is 93.0 Å². The molecule has 5 rings (SSSR count). The van der Waals surface area contributed by atoms with Gasteiger partial charge in [-0.2, -0.15) is 4.98 Å². The van der Waals surface area contributed by atoms with Gasteiger partial charge in [0.25, 0.3) is 11.5 Å². The molecule has 1 amide bonds. The minimum atomic E-state index is -0.615. The second-order valence-corrected chi connectivity index (χ2v) is 10.2. The van der Waals surface area contributed by atoms with Gasteiger partial charge in [-0.25, -0.2) is 0 Å². The maximum absolute atomic E-state index is 13.6. The standard InChI is InChI=1S/C30H35N3O3/c1-2-3-16-26-31-28(34)27(29(35)32-18-17-22(20-32)19-21-10-5-4-6-11-21)30(36)33(26)25-15-9-13-23-12-7-8-14-24(23)25/h4-8,10-12,14,22,25,36H,2-3,9,13,15-20H2,1H3/t22-,25?/m0/s1. The maximum atomic E-state index is 13.6. The van der Waals surface area contributed by atoms with Crippen LogP contribution < -0.4 is 5.56 Å². The van der Waals surface area contributed by atoms with Crippen molar-refractivity contribution in [2.75, 3.05) is 13.1 Å². The lowest BCUT2D eigenvalue weighted by atomic mass is 9.87. The highest BCUT2D eigenvalue weighted by molar-refractivity contribution is 5.96. The Bertz CT molecular complexity index is 1280. The van der Waals surface area contributed by atoms with Gasteiger partial charge < -0.3 is 10.0 Å². The molecule has 0 radical (unpaired) electrons. The SMILES string of the molecule is CCCCc1nc(=O)c(C(=O)N2CC[C@@H](Cc3ccccc3)C2)c(O)n1C1CCCc2ccccc21. The van der Waals surface area contributed by atoms with Crippen LogP contribution in [0.25, 0.3) is 0 Å². The highest BCUT2D eigenvalue weighted by atomic mass is 16.3. The van der Waals surface area contributed by atoms with Crippen molar-refractivity contribution < 1.29 is 9.90 Å². The molecule has 1 aliphatic heterocycles. The molecule has 1 fully saturated rings. The molecule has 2 atom stereocenters. The molecule has 1 aromatic heterocycles. The molecule has 1 unspecified atom stereocenters. The first-order chi connectivity index (χ1) is 17.6. The van der Waals surface area contributed by atoms with Crippen molar-refractivity contribution in [3.63, 3.8) is 0 Å². The summed E-state index contributed by atoms with van der Waals surface area (Å²) in [6.07, 6.45) is 7.00. The number of aromatic nitrogens is 2. The van der Waals surface area contributed by atoms with E-state index in [1.54, 1.807) is 9.47 Å². The molecule has 1 aliphatic carbocycles. The second kappa shape index (κ2) is 10.7. The van der Waals surface area contributed by atoms with E-state index in [9.17, 15) is 14.7 Å². The summed E-state index contributed by atoms with van der Waals surface area (Å²) in [4.78, 5) is 32.9. The van der Waals surface area contributed by atoms with Crippen LogP contribution in [-0.2, 0) is 19.3 Å². The predicted octanol–water partition coefficient (Wildman–Crippen LogP) is 4.92. The molecule has 0 spiro atoms. The van der Waals surface area contributed by atoms with Gasteiger partial charge in [0.2, 0.25) is 5.88 Å². The molecule has 6 nitrogen and oxygen atoms in total. The van der Waals surface area contributed by atoms with E-state index in [0.29, 0.717) is 31.3 Å². The molecule has 6 heteroatoms. The first-order valence-corrected chi connectivity index (χ1v) is 13.3. The Kier molecular flexibility index (Phi) is 7.21. The minimum absolute atomic E-state index is 0.133. The van der Waals surface area contributed by atoms with E-state index in [1.165, 1.54) is 11.1 Å². The van der Waals surface area contributed by atoms with Crippen LogP contribution in [0.2, 0.25) is 0 Å². The van der Waals surface area contributed by atoms with Gasteiger partial charge in [0.05, 0.1) is 6.04 Å². The number of carbonyl (C=O) groups excluding carboxylic acids is 1. The van der Waals surface area contributed by atoms with Gasteiger partial charge in [0.15, 0.2) is 5.56 Å². The number of rotatable bonds is 7. The zero-order valence-corrected chi connectivity index (χ0v) is 21.0. The van der Waals surface area contributed by atoms with E-state index in [1.807, 2.05) is 30.3 Å². The van der Waals surface area contributed by atoms with Crippen molar-refractivity contribution in [2.24, 2.45) is 5.92 Å². The summed E-state index contributed by atoms with van der Waals surface area (Å²) in [5.41, 5.74) is 2.85. The van der Waals surface area contributed by atoms with Crippen LogP contribution in [0, 0.1) is 5.92 Å². The molecule has 0 bridgehead atoms. The van der Waals surface area contributed by atoms with Crippen molar-refractivity contribution in [3.8, 4) is 5.88 Å². The third-order valence-corrected chi connectivity index (χ3v) is 7.73. The van der Waals surface area contributed by atoms with E-state index in [4.69, 9.17) is 0 Å². The van der Waals surface area contributed by atoms with Crippen LogP contribution in [0.3, 0.4) is 0 Å². The maximum Gasteiger partial charge on any atom is 0.289 e. The first-order valence-electron chi connectivity index (χ1n) is 13.3. The van der Waals surface area contributed by atoms with Crippen LogP contribution in [-0.4, -0.2) is 38.6 Å². The number of hydrogen-bond donors (Lipinski definition) is 1. The molecule has 2 aliphatic rings. The van der Waals surface area contributed by atoms with Crippen molar-refractivity contribution in [2.45, 2.75) is 64.3 Å². The number of amides is 1. The summed E-state index contributed by atoms with van der Waals surface area (Å²) >= 11 is 0. The van der Waals surface area contributed by atoms with Crippen LogP contribution in [0.1, 0.15) is 77.9 Å². The topological polar surface area (TPSA) is 75.4 Å². The monoisotopic (exact) mass is 485 g/mol. The third kappa shape index (κ3) is 4.81. The van der Waals surface area contributed by atoms with Crippen LogP contribution >= 0.6 is 0 Å². The molecule has 3 aromatic rings. The fourth-order valence-electron chi connectivity index (χ4n) is 5.88. The Balaban J connectivity index is 1.48. The quantitative estimate of drug-likeness (QED) is 0.515. The van der Waals surface area contributed by atoms with Gasteiger partial charge >= 0.3 is 0 Å². The highest BCUT2D eigenvalue weighted by Gasteiger charge is 2.34. The average Bonchev–Trinajstić information content (AvgIpc) is 3.36. The number of likely N-dealkylation sites (tertiary alicyclic amines) is 1. The first kappa shape index (κ1) is 24.3. The van der Waals surface area contributed by atoms with Crippen molar-refractivity contribution in [1.82, 2.24) is 14.5 Å². The third-order valence-electron chi connectivity index (χ3n) is 7.73. The summed E-state index contributed by atoms with van der Waals surface area (Å²) < 4.78 is 1.79. The summed E-state index contributed by atoms with van der Waals surface area (Å²) in [5, 5.41) is 11.5. The smallest absolute Gasteiger partial charge is 0.289 e. The normalized spacial score (nSPS) is 19.3. The summed E-state index contributed by atoms with van der Waals surface area (Å²) in [6, 6.07) is 18.4. The van der Waals surface area contributed by atoms with Crippen LogP contribution in [0.4, 0.5) is 0 Å². The Morgan fingerprint density at radius 1 is 1.08 bits per heavy atom. The van der Waals surface area contributed by atoms with E-state index in [0.717, 1.165) is 50.5 Å². The van der Waals surface area contributed by atoms with Gasteiger partial charge in [0.1, 0.15) is 5.82 Å². The number of hydrogen-bond acceptors (Lipinski definition) is 4. The molecule has 36 heavy (non-hydrogen) atoms. The lowest BCUT2D eigenvalue weighted by Gasteiger charge is -2.31. The fourth-order valence-corrected chi connectivity index (χ4v) is 5.88. The van der Waals surface area contributed by atoms with E-state index >= 15 is 0 Å². The molecule has 0 saturated carbocycles. The Labute approximate surface area is 212 Å². The number of aromatic hydroxyl groups is 1. The zero-order valence-electron chi connectivity index (χ0n) is 21.0. The van der Waals surface area contributed by atoms with Gasteiger partial charge in [-0.05, 0) is 61.1 Å². The van der Waals surface area contributed by atoms with Gasteiger partial charge in [-0.15, -0.1) is 0 Å². The largest absolute Gasteiger partial charge is 0.494 e. The number of unbranched alkanes of at least 4 members (excludes halogenated alkanes) is 1. The lowest BCUT2D eigenvalue weighted by molar-refractivity contribution is 0.0779. The van der Waals surface area contributed by atoms with E-state index in [2.05, 4.69) is 36.2 Å². The molecule has 2 heterocycles. The second-order valence-electron chi connectivity index (χ2n) is 10.2. The molecular weight excluding hydrogens is 450 g/mol. The average molecular weight is 486 g/mol. The lowest BCUT2D eigenvalue weighted by Crippen LogP contribution is -2.36. The van der Waals surface area contributed by atoms with Gasteiger partial charge in [0, 0.05) is 19.5 Å². The number of carbonyl (C=O) groups is 1. The number of nitrogens with zero attached hydrogens (tertiary/aromatic N) is 3. The molecular formula is C30H35N3O3. The summed E-state index contributed by atoms with van der Waals surface area (Å²) in [6.45, 7) is 3.25. The minimum Gasteiger partial charge on any atom is -0.494 e. The van der Waals surface area contributed by atoms with Gasteiger partial charge in [-0.3, -0.25) is 14.2 Å². The number of aryl methyl sites for hydroxylation is 2.